The molecule has 2 aliphatic heterocycles. The maximum Gasteiger partial charge on any atom is 0.475 e. The number of fused-ring (bicyclic) bond motifs is 1. The van der Waals surface area contributed by atoms with Crippen LogP contribution in [-0.2, 0) is 32.5 Å². The Morgan fingerprint density at radius 1 is 1.04 bits per heavy atom. The molecule has 3 amide bonds. The molecule has 5 rings (SSSR count). The van der Waals surface area contributed by atoms with Crippen LogP contribution >= 0.6 is 7.82 Å². The van der Waals surface area contributed by atoms with Crippen molar-refractivity contribution >= 4 is 42.2 Å². The zero-order chi connectivity index (χ0) is 33.6. The number of aromatic amines is 1. The topological polar surface area (TPSA) is 174 Å². The molecule has 2 aromatic carbocycles. The van der Waals surface area contributed by atoms with Gasteiger partial charge in [0.05, 0.1) is 25.9 Å². The minimum absolute atomic E-state index is 0.00256. The maximum atomic E-state index is 13.7. The largest absolute Gasteiger partial charge is 0.496 e. The number of ketones is 1. The number of carbonyl (C=O) groups excluding carboxylic acids is 4. The number of hydrogen-bond acceptors (Lipinski definition) is 9. The van der Waals surface area contributed by atoms with Crippen molar-refractivity contribution in [2.45, 2.75) is 57.7 Å². The van der Waals surface area contributed by atoms with E-state index in [1.54, 1.807) is 18.2 Å². The predicted octanol–water partition coefficient (Wildman–Crippen LogP) is 4.20. The first kappa shape index (κ1) is 34.3. The number of nitrogens with one attached hydrogen (secondary N) is 4. The number of Topliss-reactive ketones (excluding diaryl/α,β-unsaturated/α-hetero) is 1. The second-order valence-corrected chi connectivity index (χ2v) is 13.8. The lowest BCUT2D eigenvalue weighted by molar-refractivity contribution is -0.131. The number of ether oxygens (including phenoxy) is 1. The van der Waals surface area contributed by atoms with Gasteiger partial charge in [0.1, 0.15) is 24.1 Å². The van der Waals surface area contributed by atoms with Gasteiger partial charge in [-0.25, -0.2) is 4.57 Å². The summed E-state index contributed by atoms with van der Waals surface area (Å²) in [6.07, 6.45) is 0.680. The molecule has 4 N–H and O–H groups in total. The molecule has 0 bridgehead atoms. The monoisotopic (exact) mass is 668 g/mol. The zero-order valence-electron chi connectivity index (χ0n) is 26.7. The van der Waals surface area contributed by atoms with Gasteiger partial charge in [-0.3, -0.25) is 32.7 Å². The van der Waals surface area contributed by atoms with Gasteiger partial charge in [0.25, 0.3) is 5.91 Å². The van der Waals surface area contributed by atoms with Gasteiger partial charge in [-0.2, -0.15) is 0 Å². The Hall–Kier alpha value is -4.03. The predicted molar refractivity (Wildman–Crippen MR) is 173 cm³/mol. The van der Waals surface area contributed by atoms with E-state index in [0.29, 0.717) is 36.0 Å². The number of methoxy groups -OCH3 is 1. The Morgan fingerprint density at radius 2 is 1.83 bits per heavy atom. The van der Waals surface area contributed by atoms with Gasteiger partial charge in [0, 0.05) is 29.8 Å². The molecule has 1 aromatic heterocycles. The van der Waals surface area contributed by atoms with Gasteiger partial charge in [-0.15, -0.1) is 0 Å². The van der Waals surface area contributed by atoms with E-state index in [1.807, 2.05) is 50.2 Å². The molecule has 13 nitrogen and oxygen atoms in total. The van der Waals surface area contributed by atoms with Crippen molar-refractivity contribution in [3.63, 3.8) is 0 Å². The van der Waals surface area contributed by atoms with Crippen molar-refractivity contribution in [1.29, 1.82) is 0 Å². The van der Waals surface area contributed by atoms with Crippen molar-refractivity contribution in [1.82, 2.24) is 20.9 Å². The fourth-order valence-electron chi connectivity index (χ4n) is 5.78. The summed E-state index contributed by atoms with van der Waals surface area (Å²) in [5.41, 5.74) is 1.73. The third kappa shape index (κ3) is 8.66. The standard InChI is InChI=1S/C33H41N4O9P/c1-20(2)16-26(37-33(41)27-18-23-24(35-27)10-7-11-30(23)43-3)32(40)36-25(17-22-12-14-34-31(22)39)28(38)19-45-47(42)44-15-13-29(46-47)21-8-5-4-6-9-21/h4-11,18,20,22,25-26,29,35H,12-17,19H2,1-3H3,(H,34,39)(H,36,40)(H,37,41)/t22-,25-,26-,29?,47?/m0/s1. The number of carbonyl (C=O) groups is 4. The molecular formula is C33H41N4O9P. The Balaban J connectivity index is 1.28. The first-order chi connectivity index (χ1) is 22.5. The molecule has 2 fully saturated rings. The van der Waals surface area contributed by atoms with Crippen LogP contribution in [0.5, 0.6) is 5.75 Å². The van der Waals surface area contributed by atoms with Crippen LogP contribution in [0.4, 0.5) is 0 Å². The molecule has 3 heterocycles. The molecule has 5 atom stereocenters. The van der Waals surface area contributed by atoms with Gasteiger partial charge in [0.2, 0.25) is 11.8 Å². The minimum atomic E-state index is -4.10. The summed E-state index contributed by atoms with van der Waals surface area (Å²) in [4.78, 5) is 56.1. The highest BCUT2D eigenvalue weighted by atomic mass is 31.2. The van der Waals surface area contributed by atoms with Gasteiger partial charge < -0.3 is 25.7 Å². The summed E-state index contributed by atoms with van der Waals surface area (Å²) in [6.45, 7) is 3.69. The average Bonchev–Trinajstić information content (AvgIpc) is 3.69. The Labute approximate surface area is 273 Å². The molecule has 0 saturated carbocycles. The summed E-state index contributed by atoms with van der Waals surface area (Å²) < 4.78 is 35.2. The molecule has 0 spiro atoms. The average molecular weight is 669 g/mol. The molecule has 14 heteroatoms. The first-order valence-electron chi connectivity index (χ1n) is 15.7. The number of phosphoric ester groups is 1. The smallest absolute Gasteiger partial charge is 0.475 e. The number of H-pyrrole nitrogens is 1. The van der Waals surface area contributed by atoms with E-state index in [4.69, 9.17) is 18.3 Å². The van der Waals surface area contributed by atoms with E-state index in [0.717, 1.165) is 5.56 Å². The molecule has 0 radical (unpaired) electrons. The Bertz CT molecular complexity index is 1640. The van der Waals surface area contributed by atoms with E-state index < -0.39 is 56.1 Å². The molecule has 2 aliphatic rings. The van der Waals surface area contributed by atoms with Crippen LogP contribution in [0.25, 0.3) is 10.9 Å². The van der Waals surface area contributed by atoms with E-state index in [-0.39, 0.29) is 37.0 Å². The Morgan fingerprint density at radius 3 is 2.53 bits per heavy atom. The van der Waals surface area contributed by atoms with E-state index in [1.165, 1.54) is 7.11 Å². The summed E-state index contributed by atoms with van der Waals surface area (Å²) in [7, 11) is -2.56. The molecule has 0 aliphatic carbocycles. The normalized spacial score (nSPS) is 22.4. The minimum Gasteiger partial charge on any atom is -0.496 e. The van der Waals surface area contributed by atoms with E-state index in [2.05, 4.69) is 20.9 Å². The molecule has 47 heavy (non-hydrogen) atoms. The molecule has 252 valence electrons. The van der Waals surface area contributed by atoms with Crippen LogP contribution in [0.3, 0.4) is 0 Å². The number of rotatable bonds is 14. The zero-order valence-corrected chi connectivity index (χ0v) is 27.5. The third-order valence-electron chi connectivity index (χ3n) is 8.23. The van der Waals surface area contributed by atoms with Gasteiger partial charge in [-0.05, 0) is 48.9 Å². The highest BCUT2D eigenvalue weighted by Crippen LogP contribution is 2.56. The van der Waals surface area contributed by atoms with Crippen molar-refractivity contribution in [2.75, 3.05) is 26.9 Å². The molecule has 2 saturated heterocycles. The fraction of sp³-hybridized carbons (Fsp3) is 0.455. The number of amides is 3. The summed E-state index contributed by atoms with van der Waals surface area (Å²) in [5.74, 6) is -1.87. The Kier molecular flexibility index (Phi) is 11.1. The molecule has 3 aromatic rings. The van der Waals surface area contributed by atoms with Crippen molar-refractivity contribution in [3.8, 4) is 5.75 Å². The number of hydrogen-bond donors (Lipinski definition) is 4. The lowest BCUT2D eigenvalue weighted by Gasteiger charge is -2.29. The quantitative estimate of drug-likeness (QED) is 0.184. The highest BCUT2D eigenvalue weighted by Gasteiger charge is 2.39. The highest BCUT2D eigenvalue weighted by molar-refractivity contribution is 7.48. The molecule has 2 unspecified atom stereocenters. The second-order valence-electron chi connectivity index (χ2n) is 12.1. The second kappa shape index (κ2) is 15.2. The third-order valence-corrected chi connectivity index (χ3v) is 9.68. The van der Waals surface area contributed by atoms with E-state index >= 15 is 0 Å². The van der Waals surface area contributed by atoms with Gasteiger partial charge in [0.15, 0.2) is 5.78 Å². The first-order valence-corrected chi connectivity index (χ1v) is 17.2. The summed E-state index contributed by atoms with van der Waals surface area (Å²) in [5, 5.41) is 8.99. The van der Waals surface area contributed by atoms with Crippen molar-refractivity contribution in [2.24, 2.45) is 11.8 Å². The van der Waals surface area contributed by atoms with Crippen LogP contribution < -0.4 is 20.7 Å². The van der Waals surface area contributed by atoms with Crippen LogP contribution in [0.15, 0.2) is 54.6 Å². The lowest BCUT2D eigenvalue weighted by atomic mass is 9.95. The van der Waals surface area contributed by atoms with Gasteiger partial charge >= 0.3 is 7.82 Å². The maximum absolute atomic E-state index is 13.7. The SMILES string of the molecule is COc1cccc2[nH]c(C(=O)N[C@@H](CC(C)C)C(=O)N[C@@H](C[C@@H]3CCNC3=O)C(=O)COP3(=O)OCCC(c4ccccc4)O3)cc12. The summed E-state index contributed by atoms with van der Waals surface area (Å²) in [6, 6.07) is 14.1. The lowest BCUT2D eigenvalue weighted by Crippen LogP contribution is -2.53. The number of aromatic nitrogens is 1. The van der Waals surface area contributed by atoms with Crippen LogP contribution in [-0.4, -0.2) is 67.4 Å². The van der Waals surface area contributed by atoms with Crippen molar-refractivity contribution in [3.05, 3.63) is 65.9 Å². The van der Waals surface area contributed by atoms with Crippen LogP contribution in [0, 0.1) is 11.8 Å². The number of benzene rings is 2. The van der Waals surface area contributed by atoms with E-state index in [9.17, 15) is 23.7 Å². The van der Waals surface area contributed by atoms with Crippen molar-refractivity contribution < 1.29 is 42.1 Å². The fourth-order valence-corrected chi connectivity index (χ4v) is 7.13. The van der Waals surface area contributed by atoms with Gasteiger partial charge in [-0.1, -0.05) is 50.2 Å². The number of phosphoric acid groups is 1. The van der Waals surface area contributed by atoms with Crippen LogP contribution in [0.1, 0.15) is 61.7 Å². The van der Waals surface area contributed by atoms with Crippen LogP contribution in [0.2, 0.25) is 0 Å². The molecular weight excluding hydrogens is 627 g/mol. The summed E-state index contributed by atoms with van der Waals surface area (Å²) >= 11 is 0.